The predicted molar refractivity (Wildman–Crippen MR) is 122 cm³/mol. The van der Waals surface area contributed by atoms with Crippen molar-refractivity contribution < 1.29 is 13.2 Å². The molecule has 0 bridgehead atoms. The molecule has 1 aliphatic heterocycles. The molecule has 3 aromatic rings. The zero-order valence-electron chi connectivity index (χ0n) is 17.4. The van der Waals surface area contributed by atoms with Crippen molar-refractivity contribution in [1.82, 2.24) is 18.8 Å². The Morgan fingerprint density at radius 3 is 2.42 bits per heavy atom. The lowest BCUT2D eigenvalue weighted by Crippen LogP contribution is -2.48. The topological polar surface area (TPSA) is 87.5 Å². The lowest BCUT2D eigenvalue weighted by atomic mass is 10.2. The van der Waals surface area contributed by atoms with Crippen LogP contribution in [0.15, 0.2) is 42.5 Å². The van der Waals surface area contributed by atoms with E-state index in [1.807, 2.05) is 29.8 Å². The van der Waals surface area contributed by atoms with Gasteiger partial charge in [0, 0.05) is 49.5 Å². The molecule has 1 fully saturated rings. The summed E-state index contributed by atoms with van der Waals surface area (Å²) in [6, 6.07) is 12.4. The third-order valence-corrected chi connectivity index (χ3v) is 7.06. The molecule has 31 heavy (non-hydrogen) atoms. The first-order valence-corrected chi connectivity index (χ1v) is 12.1. The summed E-state index contributed by atoms with van der Waals surface area (Å²) in [4.78, 5) is 19.4. The Morgan fingerprint density at radius 2 is 1.77 bits per heavy atom. The van der Waals surface area contributed by atoms with Gasteiger partial charge in [0.05, 0.1) is 23.8 Å². The van der Waals surface area contributed by atoms with Crippen LogP contribution in [0, 0.1) is 0 Å². The second-order valence-electron chi connectivity index (χ2n) is 7.69. The van der Waals surface area contributed by atoms with Gasteiger partial charge < -0.3 is 9.88 Å². The molecule has 10 heteroatoms. The van der Waals surface area contributed by atoms with E-state index >= 15 is 0 Å². The molecule has 8 nitrogen and oxygen atoms in total. The Labute approximate surface area is 186 Å². The van der Waals surface area contributed by atoms with Gasteiger partial charge >= 0.3 is 0 Å². The smallest absolute Gasteiger partial charge is 0.255 e. The second-order valence-corrected chi connectivity index (χ2v) is 10.1. The van der Waals surface area contributed by atoms with Gasteiger partial charge in [0.25, 0.3) is 5.91 Å². The Morgan fingerprint density at radius 1 is 1.10 bits per heavy atom. The molecule has 1 aromatic heterocycles. The van der Waals surface area contributed by atoms with Gasteiger partial charge in [-0.25, -0.2) is 13.4 Å². The number of imidazole rings is 1. The number of rotatable bonds is 5. The molecule has 1 aliphatic rings. The van der Waals surface area contributed by atoms with Gasteiger partial charge in [-0.1, -0.05) is 11.6 Å². The number of fused-ring (bicyclic) bond motifs is 1. The molecule has 0 saturated carbocycles. The number of carbonyl (C=O) groups is 1. The number of nitrogens with zero attached hydrogens (tertiary/aromatic N) is 4. The van der Waals surface area contributed by atoms with E-state index in [4.69, 9.17) is 16.6 Å². The van der Waals surface area contributed by atoms with E-state index in [-0.39, 0.29) is 5.91 Å². The number of halogens is 1. The molecule has 2 aromatic carbocycles. The van der Waals surface area contributed by atoms with Crippen LogP contribution in [0.1, 0.15) is 16.2 Å². The van der Waals surface area contributed by atoms with Crippen molar-refractivity contribution >= 4 is 44.3 Å². The fourth-order valence-electron chi connectivity index (χ4n) is 3.69. The highest BCUT2D eigenvalue weighted by Gasteiger charge is 2.24. The summed E-state index contributed by atoms with van der Waals surface area (Å²) in [6.45, 7) is 2.94. The molecule has 0 spiro atoms. The van der Waals surface area contributed by atoms with Crippen molar-refractivity contribution in [3.63, 3.8) is 0 Å². The molecule has 1 N–H and O–H groups in total. The average molecular weight is 462 g/mol. The number of aromatic nitrogens is 2. The molecule has 1 saturated heterocycles. The molecule has 0 atom stereocenters. The first-order valence-electron chi connectivity index (χ1n) is 9.90. The van der Waals surface area contributed by atoms with Gasteiger partial charge in [0.15, 0.2) is 0 Å². The Hall–Kier alpha value is -2.46. The molecule has 164 valence electrons. The Balaban J connectivity index is 1.46. The van der Waals surface area contributed by atoms with Crippen LogP contribution in [-0.2, 0) is 23.6 Å². The summed E-state index contributed by atoms with van der Waals surface area (Å²) in [5, 5.41) is 3.48. The van der Waals surface area contributed by atoms with Crippen LogP contribution in [-0.4, -0.2) is 65.5 Å². The predicted octanol–water partition coefficient (Wildman–Crippen LogP) is 2.56. The van der Waals surface area contributed by atoms with Gasteiger partial charge in [0.2, 0.25) is 10.0 Å². The maximum absolute atomic E-state index is 12.5. The average Bonchev–Trinajstić information content (AvgIpc) is 3.03. The summed E-state index contributed by atoms with van der Waals surface area (Å²) in [7, 11) is -1.18. The van der Waals surface area contributed by atoms with Crippen molar-refractivity contribution in [2.45, 2.75) is 6.54 Å². The number of piperazine rings is 1. The molecular weight excluding hydrogens is 438 g/mol. The molecule has 4 rings (SSSR count). The van der Waals surface area contributed by atoms with E-state index in [1.54, 1.807) is 24.3 Å². The van der Waals surface area contributed by atoms with E-state index in [2.05, 4.69) is 10.2 Å². The van der Waals surface area contributed by atoms with Crippen LogP contribution < -0.4 is 5.32 Å². The van der Waals surface area contributed by atoms with Crippen LogP contribution in [0.4, 0.5) is 5.69 Å². The highest BCUT2D eigenvalue weighted by atomic mass is 35.5. The first-order chi connectivity index (χ1) is 14.7. The number of carbonyl (C=O) groups excluding carboxylic acids is 1. The lowest BCUT2D eigenvalue weighted by molar-refractivity contribution is 0.102. The summed E-state index contributed by atoms with van der Waals surface area (Å²) in [6.07, 6.45) is 1.25. The molecule has 0 unspecified atom stereocenters. The monoisotopic (exact) mass is 461 g/mol. The second kappa shape index (κ2) is 8.58. The number of benzene rings is 2. The number of hydrogen-bond donors (Lipinski definition) is 1. The summed E-state index contributed by atoms with van der Waals surface area (Å²) < 4.78 is 26.9. The quantitative estimate of drug-likeness (QED) is 0.631. The van der Waals surface area contributed by atoms with Gasteiger partial charge in [0.1, 0.15) is 5.82 Å². The third kappa shape index (κ3) is 4.90. The Kier molecular flexibility index (Phi) is 6.02. The number of sulfonamides is 1. The molecule has 2 heterocycles. The zero-order valence-corrected chi connectivity index (χ0v) is 18.9. The summed E-state index contributed by atoms with van der Waals surface area (Å²) in [5.41, 5.74) is 2.95. The van der Waals surface area contributed by atoms with Crippen molar-refractivity contribution in [1.29, 1.82) is 0 Å². The molecule has 0 aliphatic carbocycles. The van der Waals surface area contributed by atoms with Gasteiger partial charge in [-0.05, 0) is 42.5 Å². The number of anilines is 1. The van der Waals surface area contributed by atoms with Gasteiger partial charge in [-0.15, -0.1) is 0 Å². The number of nitrogens with one attached hydrogen (secondary N) is 1. The van der Waals surface area contributed by atoms with Gasteiger partial charge in [-0.3, -0.25) is 9.69 Å². The van der Waals surface area contributed by atoms with E-state index in [1.165, 1.54) is 10.6 Å². The van der Waals surface area contributed by atoms with Crippen molar-refractivity contribution in [3.05, 3.63) is 58.9 Å². The minimum Gasteiger partial charge on any atom is -0.330 e. The van der Waals surface area contributed by atoms with E-state index in [0.29, 0.717) is 49.0 Å². The van der Waals surface area contributed by atoms with E-state index in [9.17, 15) is 13.2 Å². The highest BCUT2D eigenvalue weighted by Crippen LogP contribution is 2.22. The van der Waals surface area contributed by atoms with Crippen LogP contribution in [0.2, 0.25) is 5.02 Å². The van der Waals surface area contributed by atoms with Crippen LogP contribution >= 0.6 is 11.6 Å². The largest absolute Gasteiger partial charge is 0.330 e. The van der Waals surface area contributed by atoms with E-state index < -0.39 is 10.0 Å². The van der Waals surface area contributed by atoms with E-state index in [0.717, 1.165) is 16.9 Å². The summed E-state index contributed by atoms with van der Waals surface area (Å²) in [5.74, 6) is 0.680. The fourth-order valence-corrected chi connectivity index (χ4v) is 4.65. The number of aryl methyl sites for hydroxylation is 1. The minimum absolute atomic E-state index is 0.212. The van der Waals surface area contributed by atoms with Crippen molar-refractivity contribution in [2.24, 2.45) is 7.05 Å². The van der Waals surface area contributed by atoms with Crippen LogP contribution in [0.25, 0.3) is 11.0 Å². The molecular formula is C21H24ClN5O3S. The van der Waals surface area contributed by atoms with Crippen molar-refractivity contribution in [2.75, 3.05) is 37.8 Å². The zero-order chi connectivity index (χ0) is 22.2. The maximum atomic E-state index is 12.5. The lowest BCUT2D eigenvalue weighted by Gasteiger charge is -2.32. The highest BCUT2D eigenvalue weighted by molar-refractivity contribution is 7.88. The van der Waals surface area contributed by atoms with Crippen LogP contribution in [0.5, 0.6) is 0 Å². The summed E-state index contributed by atoms with van der Waals surface area (Å²) >= 11 is 5.88. The standard InChI is InChI=1S/C21H24ClN5O3S/c1-25-19-8-7-17(23-21(28)15-3-5-16(22)6-4-15)13-18(19)24-20(25)14-26-9-11-27(12-10-26)31(2,29)30/h3-8,13H,9-12,14H2,1-2H3,(H,23,28). The fraction of sp³-hybridized carbons (Fsp3) is 0.333. The molecule has 1 amide bonds. The number of amides is 1. The first kappa shape index (κ1) is 21.8. The minimum atomic E-state index is -3.14. The normalized spacial score (nSPS) is 16.0. The van der Waals surface area contributed by atoms with Crippen LogP contribution in [0.3, 0.4) is 0 Å². The van der Waals surface area contributed by atoms with Gasteiger partial charge in [-0.2, -0.15) is 4.31 Å². The van der Waals surface area contributed by atoms with Crippen molar-refractivity contribution in [3.8, 4) is 0 Å². The number of hydrogen-bond acceptors (Lipinski definition) is 5. The SMILES string of the molecule is Cn1c(CN2CCN(S(C)(=O)=O)CC2)nc2cc(NC(=O)c3ccc(Cl)cc3)ccc21. The third-order valence-electron chi connectivity index (χ3n) is 5.50. The molecule has 0 radical (unpaired) electrons. The maximum Gasteiger partial charge on any atom is 0.255 e. The Bertz CT molecular complexity index is 1220.